The number of fused-ring (bicyclic) bond motifs is 9. The third-order valence-corrected chi connectivity index (χ3v) is 7.41. The van der Waals surface area contributed by atoms with Crippen molar-refractivity contribution in [3.8, 4) is 11.5 Å². The molecule has 0 aliphatic carbocycles. The molecule has 2 aromatic rings. The first-order chi connectivity index (χ1) is 17.5. The van der Waals surface area contributed by atoms with Gasteiger partial charge in [0.05, 0.1) is 24.6 Å². The summed E-state index contributed by atoms with van der Waals surface area (Å²) in [5.74, 6) is 1.07. The highest BCUT2D eigenvalue weighted by Gasteiger charge is 2.41. The molecule has 1 fully saturated rings. The third-order valence-electron chi connectivity index (χ3n) is 7.41. The molecule has 3 aliphatic heterocycles. The van der Waals surface area contributed by atoms with Crippen molar-refractivity contribution >= 4 is 17.7 Å². The van der Waals surface area contributed by atoms with Crippen LogP contribution in [0.1, 0.15) is 52.8 Å². The molecule has 8 nitrogen and oxygen atoms in total. The number of rotatable bonds is 3. The Bertz CT molecular complexity index is 1080. The van der Waals surface area contributed by atoms with Crippen molar-refractivity contribution in [2.45, 2.75) is 32.1 Å². The second-order valence-corrected chi connectivity index (χ2v) is 9.47. The van der Waals surface area contributed by atoms with Gasteiger partial charge in [-0.25, -0.2) is 0 Å². The van der Waals surface area contributed by atoms with E-state index in [0.29, 0.717) is 61.6 Å². The lowest BCUT2D eigenvalue weighted by Crippen LogP contribution is -2.49. The van der Waals surface area contributed by atoms with Crippen LogP contribution in [0.4, 0.5) is 0 Å². The van der Waals surface area contributed by atoms with Crippen molar-refractivity contribution in [2.24, 2.45) is 5.41 Å². The predicted octanol–water partition coefficient (Wildman–Crippen LogP) is 3.37. The first-order valence-corrected chi connectivity index (χ1v) is 12.6. The Labute approximate surface area is 212 Å². The SMILES string of the molecule is CNC(=O)C12CCCCN(C(=O)c3ccc(OC)cc3)CCOc3ccccc3C(=O)N(CC1)CC2. The fourth-order valence-electron chi connectivity index (χ4n) is 5.20. The molecule has 0 saturated carbocycles. The Balaban J connectivity index is 1.59. The van der Waals surface area contributed by atoms with Crippen LogP contribution in [0.5, 0.6) is 11.5 Å². The Morgan fingerprint density at radius 2 is 1.67 bits per heavy atom. The number of nitrogens with one attached hydrogen (secondary N) is 1. The first kappa shape index (κ1) is 25.5. The van der Waals surface area contributed by atoms with E-state index in [4.69, 9.17) is 9.47 Å². The zero-order valence-corrected chi connectivity index (χ0v) is 21.1. The molecule has 2 bridgehead atoms. The van der Waals surface area contributed by atoms with Gasteiger partial charge in [0.15, 0.2) is 0 Å². The molecule has 3 heterocycles. The number of amides is 3. The highest BCUT2D eigenvalue weighted by molar-refractivity contribution is 5.97. The summed E-state index contributed by atoms with van der Waals surface area (Å²) >= 11 is 0. The summed E-state index contributed by atoms with van der Waals surface area (Å²) in [6.45, 7) is 2.28. The molecule has 0 unspecified atom stereocenters. The number of nitrogens with zero attached hydrogens (tertiary/aromatic N) is 2. The van der Waals surface area contributed by atoms with Crippen molar-refractivity contribution in [1.29, 1.82) is 0 Å². The van der Waals surface area contributed by atoms with Crippen molar-refractivity contribution in [3.05, 3.63) is 59.7 Å². The van der Waals surface area contributed by atoms with Crippen molar-refractivity contribution < 1.29 is 23.9 Å². The molecule has 3 amide bonds. The lowest BCUT2D eigenvalue weighted by molar-refractivity contribution is -0.133. The summed E-state index contributed by atoms with van der Waals surface area (Å²) in [6, 6.07) is 14.3. The maximum Gasteiger partial charge on any atom is 0.257 e. The van der Waals surface area contributed by atoms with Crippen LogP contribution in [0.15, 0.2) is 48.5 Å². The molecule has 0 radical (unpaired) electrons. The first-order valence-electron chi connectivity index (χ1n) is 12.6. The Kier molecular flexibility index (Phi) is 8.13. The quantitative estimate of drug-likeness (QED) is 0.708. The van der Waals surface area contributed by atoms with Gasteiger partial charge in [-0.3, -0.25) is 14.4 Å². The van der Waals surface area contributed by atoms with Crippen LogP contribution in [0, 0.1) is 5.41 Å². The molecule has 2 aromatic carbocycles. The van der Waals surface area contributed by atoms with Crippen LogP contribution >= 0.6 is 0 Å². The second kappa shape index (κ2) is 11.5. The molecular weight excluding hydrogens is 458 g/mol. The van der Waals surface area contributed by atoms with E-state index in [2.05, 4.69) is 5.32 Å². The van der Waals surface area contributed by atoms with Gasteiger partial charge in [0, 0.05) is 32.2 Å². The van der Waals surface area contributed by atoms with Crippen molar-refractivity contribution in [1.82, 2.24) is 15.1 Å². The highest BCUT2D eigenvalue weighted by Crippen LogP contribution is 2.38. The number of carbonyl (C=O) groups excluding carboxylic acids is 3. The van der Waals surface area contributed by atoms with Gasteiger partial charge in [-0.15, -0.1) is 0 Å². The fraction of sp³-hybridized carbons (Fsp3) is 0.464. The number of piperidine rings is 1. The van der Waals surface area contributed by atoms with E-state index in [9.17, 15) is 14.4 Å². The van der Waals surface area contributed by atoms with Crippen LogP contribution in [0.3, 0.4) is 0 Å². The van der Waals surface area contributed by atoms with E-state index >= 15 is 0 Å². The molecule has 1 saturated heterocycles. The van der Waals surface area contributed by atoms with E-state index in [-0.39, 0.29) is 24.3 Å². The average molecular weight is 494 g/mol. The maximum atomic E-state index is 13.4. The normalized spacial score (nSPS) is 18.3. The topological polar surface area (TPSA) is 88.2 Å². The lowest BCUT2D eigenvalue weighted by atomic mass is 9.73. The molecule has 0 spiro atoms. The Morgan fingerprint density at radius 1 is 0.944 bits per heavy atom. The summed E-state index contributed by atoms with van der Waals surface area (Å²) in [5.41, 5.74) is 0.595. The van der Waals surface area contributed by atoms with Crippen LogP contribution in [0.2, 0.25) is 0 Å². The largest absolute Gasteiger partial charge is 0.497 e. The minimum Gasteiger partial charge on any atom is -0.497 e. The van der Waals surface area contributed by atoms with Crippen molar-refractivity contribution in [2.75, 3.05) is 46.9 Å². The van der Waals surface area contributed by atoms with Gasteiger partial charge >= 0.3 is 0 Å². The van der Waals surface area contributed by atoms with Crippen LogP contribution in [0.25, 0.3) is 0 Å². The highest BCUT2D eigenvalue weighted by atomic mass is 16.5. The monoisotopic (exact) mass is 493 g/mol. The van der Waals surface area contributed by atoms with Gasteiger partial charge in [0.25, 0.3) is 11.8 Å². The number of hydrogen-bond acceptors (Lipinski definition) is 5. The summed E-state index contributed by atoms with van der Waals surface area (Å²) < 4.78 is 11.3. The molecule has 5 rings (SSSR count). The van der Waals surface area contributed by atoms with Crippen LogP contribution in [-0.2, 0) is 4.79 Å². The fourth-order valence-corrected chi connectivity index (χ4v) is 5.20. The van der Waals surface area contributed by atoms with Gasteiger partial charge in [0.1, 0.15) is 18.1 Å². The molecule has 192 valence electrons. The van der Waals surface area contributed by atoms with Crippen LogP contribution < -0.4 is 14.8 Å². The van der Waals surface area contributed by atoms with Gasteiger partial charge in [-0.05, 0) is 62.1 Å². The summed E-state index contributed by atoms with van der Waals surface area (Å²) in [7, 11) is 3.27. The summed E-state index contributed by atoms with van der Waals surface area (Å²) in [6.07, 6.45) is 3.56. The van der Waals surface area contributed by atoms with Gasteiger partial charge in [-0.2, -0.15) is 0 Å². The second-order valence-electron chi connectivity index (χ2n) is 9.47. The number of methoxy groups -OCH3 is 1. The number of carbonyl (C=O) groups is 3. The van der Waals surface area contributed by atoms with Gasteiger partial charge in [0.2, 0.25) is 5.91 Å². The number of ether oxygens (including phenoxy) is 2. The Morgan fingerprint density at radius 3 is 2.36 bits per heavy atom. The smallest absolute Gasteiger partial charge is 0.257 e. The van der Waals surface area contributed by atoms with Crippen LogP contribution in [-0.4, -0.2) is 74.5 Å². The van der Waals surface area contributed by atoms with E-state index in [0.717, 1.165) is 19.3 Å². The zero-order chi connectivity index (χ0) is 25.5. The van der Waals surface area contributed by atoms with E-state index in [1.807, 2.05) is 17.0 Å². The number of benzene rings is 2. The molecule has 3 aliphatic rings. The predicted molar refractivity (Wildman–Crippen MR) is 136 cm³/mol. The zero-order valence-electron chi connectivity index (χ0n) is 21.1. The number of para-hydroxylation sites is 1. The minimum absolute atomic E-state index is 0.0359. The van der Waals surface area contributed by atoms with Gasteiger partial charge in [-0.1, -0.05) is 18.6 Å². The lowest BCUT2D eigenvalue weighted by Gasteiger charge is -2.40. The molecule has 0 atom stereocenters. The standard InChI is InChI=1S/C28H35N3O5/c1-29-27(34)28-13-5-6-16-30(25(32)21-9-11-22(35-2)12-10-21)19-20-36-24-8-4-3-7-23(24)26(33)31(17-14-28)18-15-28/h3-4,7-12H,5-6,13-20H2,1-2H3,(H,29,34). The number of hydrogen-bond donors (Lipinski definition) is 1. The van der Waals surface area contributed by atoms with Crippen molar-refractivity contribution in [3.63, 3.8) is 0 Å². The Hall–Kier alpha value is -3.55. The maximum absolute atomic E-state index is 13.4. The van der Waals surface area contributed by atoms with E-state index < -0.39 is 5.41 Å². The average Bonchev–Trinajstić information content (AvgIpc) is 2.94. The third kappa shape index (κ3) is 5.48. The molecule has 36 heavy (non-hydrogen) atoms. The minimum atomic E-state index is -0.494. The molecule has 0 aromatic heterocycles. The summed E-state index contributed by atoms with van der Waals surface area (Å²) in [5, 5.41) is 2.84. The molecule has 1 N–H and O–H groups in total. The summed E-state index contributed by atoms with van der Waals surface area (Å²) in [4.78, 5) is 43.2. The molecule has 8 heteroatoms. The van der Waals surface area contributed by atoms with Gasteiger partial charge < -0.3 is 24.6 Å². The van der Waals surface area contributed by atoms with E-state index in [1.165, 1.54) is 0 Å². The molecular formula is C28H35N3O5. The van der Waals surface area contributed by atoms with E-state index in [1.54, 1.807) is 55.5 Å².